The van der Waals surface area contributed by atoms with Crippen LogP contribution in [0.5, 0.6) is 0 Å². The van der Waals surface area contributed by atoms with Gasteiger partial charge in [0.2, 0.25) is 0 Å². The molecule has 1 aliphatic rings. The van der Waals surface area contributed by atoms with Gasteiger partial charge in [0, 0.05) is 11.9 Å². The van der Waals surface area contributed by atoms with Crippen molar-refractivity contribution < 1.29 is 9.26 Å². The van der Waals surface area contributed by atoms with E-state index in [0.29, 0.717) is 16.7 Å². The number of benzene rings is 1. The van der Waals surface area contributed by atoms with E-state index in [4.69, 9.17) is 44.3 Å². The van der Waals surface area contributed by atoms with Gasteiger partial charge in [-0.1, -0.05) is 23.2 Å². The molecule has 2 atom stereocenters. The predicted octanol–water partition coefficient (Wildman–Crippen LogP) is 4.08. The molecule has 0 bridgehead atoms. The van der Waals surface area contributed by atoms with Crippen LogP contribution in [0.4, 0.5) is 0 Å². The first-order valence-electron chi connectivity index (χ1n) is 6.65. The first kappa shape index (κ1) is 16.7. The molecule has 0 saturated carbocycles. The molecule has 1 N–H and O–H groups in total. The zero-order valence-corrected chi connectivity index (χ0v) is 14.5. The van der Waals surface area contributed by atoms with Crippen molar-refractivity contribution in [1.29, 1.82) is 0 Å². The van der Waals surface area contributed by atoms with Crippen LogP contribution >= 0.6 is 29.6 Å². The molecule has 1 fully saturated rings. The van der Waals surface area contributed by atoms with Gasteiger partial charge in [0.25, 0.3) is 0 Å². The summed E-state index contributed by atoms with van der Waals surface area (Å²) in [5, 5.41) is 5.26. The first-order valence-corrected chi connectivity index (χ1v) is 10.1. The van der Waals surface area contributed by atoms with Gasteiger partial charge in [-0.2, -0.15) is 0 Å². The fraction of sp³-hybridized carbons (Fsp3) is 0.538. The van der Waals surface area contributed by atoms with Crippen molar-refractivity contribution in [2.75, 3.05) is 13.2 Å². The molecule has 0 aromatic heterocycles. The number of nitrogens with one attached hydrogen (secondary N) is 1. The Bertz CT molecular complexity index is 509. The van der Waals surface area contributed by atoms with Crippen LogP contribution in [0.3, 0.4) is 0 Å². The molecule has 1 aromatic rings. The Hall–Kier alpha value is 0.330. The molecule has 1 aliphatic heterocycles. The van der Waals surface area contributed by atoms with E-state index >= 15 is 0 Å². The second kappa shape index (κ2) is 7.55. The van der Waals surface area contributed by atoms with Gasteiger partial charge < -0.3 is 9.26 Å². The molecule has 0 spiro atoms. The van der Waals surface area contributed by atoms with Crippen LogP contribution in [-0.2, 0) is 21.1 Å². The molecule has 0 aliphatic carbocycles. The summed E-state index contributed by atoms with van der Waals surface area (Å²) >= 11 is 17.8. The van der Waals surface area contributed by atoms with E-state index < -0.39 is 6.42 Å². The zero-order chi connectivity index (χ0) is 14.6. The van der Waals surface area contributed by atoms with Crippen molar-refractivity contribution in [3.8, 4) is 0 Å². The summed E-state index contributed by atoms with van der Waals surface area (Å²) in [6.45, 7) is 3.24. The average molecular weight is 354 g/mol. The monoisotopic (exact) mass is 353 g/mol. The van der Waals surface area contributed by atoms with Crippen molar-refractivity contribution in [2.45, 2.75) is 32.4 Å². The Morgan fingerprint density at radius 3 is 2.80 bits per heavy atom. The van der Waals surface area contributed by atoms with Gasteiger partial charge in [0.05, 0.1) is 16.7 Å². The minimum atomic E-state index is -2.37. The topological polar surface area (TPSA) is 30.5 Å². The van der Waals surface area contributed by atoms with E-state index in [1.165, 1.54) is 0 Å². The van der Waals surface area contributed by atoms with Gasteiger partial charge in [-0.25, -0.2) is 5.09 Å². The van der Waals surface area contributed by atoms with E-state index in [9.17, 15) is 0 Å². The third-order valence-corrected chi connectivity index (χ3v) is 7.26. The van der Waals surface area contributed by atoms with Crippen LogP contribution in [0.2, 0.25) is 10.0 Å². The molecule has 3 nitrogen and oxygen atoms in total. The van der Waals surface area contributed by atoms with Crippen LogP contribution in [0.15, 0.2) is 18.2 Å². The summed E-state index contributed by atoms with van der Waals surface area (Å²) in [5.41, 5.74) is 0. The summed E-state index contributed by atoms with van der Waals surface area (Å²) in [5.74, 6) is 0. The van der Waals surface area contributed by atoms with Gasteiger partial charge in [0.15, 0.2) is 6.42 Å². The van der Waals surface area contributed by atoms with Crippen LogP contribution in [0.25, 0.3) is 0 Å². The number of ether oxygens (including phenoxy) is 1. The van der Waals surface area contributed by atoms with Crippen LogP contribution in [-0.4, -0.2) is 19.4 Å². The van der Waals surface area contributed by atoms with Crippen LogP contribution in [0.1, 0.15) is 26.2 Å². The second-order valence-electron chi connectivity index (χ2n) is 4.55. The summed E-state index contributed by atoms with van der Waals surface area (Å²) in [6, 6.07) is 5.42. The normalized spacial score (nSPS) is 22.4. The first-order chi connectivity index (χ1) is 9.55. The van der Waals surface area contributed by atoms with E-state index in [2.05, 4.69) is 5.09 Å². The SMILES string of the molecule is CCOP(=S)(NC1CCCCO1)c1ccc(Cl)c(Cl)c1. The molecule has 7 heteroatoms. The molecule has 0 amide bonds. The molecule has 20 heavy (non-hydrogen) atoms. The van der Waals surface area contributed by atoms with Gasteiger partial charge in [0.1, 0.15) is 6.23 Å². The second-order valence-corrected chi connectivity index (χ2v) is 9.04. The van der Waals surface area contributed by atoms with Gasteiger partial charge in [-0.15, -0.1) is 0 Å². The summed E-state index contributed by atoms with van der Waals surface area (Å²) in [7, 11) is 0. The zero-order valence-electron chi connectivity index (χ0n) is 11.3. The minimum Gasteiger partial charge on any atom is -0.363 e. The Morgan fingerprint density at radius 1 is 1.40 bits per heavy atom. The average Bonchev–Trinajstić information content (AvgIpc) is 2.43. The lowest BCUT2D eigenvalue weighted by molar-refractivity contribution is 0.00854. The summed E-state index contributed by atoms with van der Waals surface area (Å²) in [6.07, 6.45) is 0.773. The lowest BCUT2D eigenvalue weighted by Gasteiger charge is -2.31. The molecule has 0 radical (unpaired) electrons. The predicted molar refractivity (Wildman–Crippen MR) is 88.7 cm³/mol. The third kappa shape index (κ3) is 4.17. The molecule has 1 saturated heterocycles. The minimum absolute atomic E-state index is 0.0458. The molecule has 2 rings (SSSR count). The highest BCUT2D eigenvalue weighted by molar-refractivity contribution is 8.14. The van der Waals surface area contributed by atoms with Crippen molar-refractivity contribution >= 4 is 46.7 Å². The smallest absolute Gasteiger partial charge is 0.161 e. The van der Waals surface area contributed by atoms with E-state index in [1.54, 1.807) is 12.1 Å². The number of hydrogen-bond acceptors (Lipinski definition) is 3. The standard InChI is InChI=1S/C13H18Cl2NO2PS/c1-2-18-19(20,16-13-5-3-4-8-17-13)10-6-7-11(14)12(15)9-10/h6-7,9,13H,2-5,8H2,1H3,(H,16,20). The number of rotatable bonds is 5. The fourth-order valence-corrected chi connectivity index (χ4v) is 5.34. The van der Waals surface area contributed by atoms with Gasteiger partial charge in [-0.3, -0.25) is 0 Å². The number of hydrogen-bond donors (Lipinski definition) is 1. The molecule has 2 unspecified atom stereocenters. The Morgan fingerprint density at radius 2 is 2.20 bits per heavy atom. The quantitative estimate of drug-likeness (QED) is 0.808. The maximum absolute atomic E-state index is 6.09. The van der Waals surface area contributed by atoms with Crippen LogP contribution < -0.4 is 10.4 Å². The largest absolute Gasteiger partial charge is 0.363 e. The summed E-state index contributed by atoms with van der Waals surface area (Å²) in [4.78, 5) is 0. The maximum Gasteiger partial charge on any atom is 0.161 e. The molecule has 1 heterocycles. The third-order valence-electron chi connectivity index (χ3n) is 3.05. The molecular formula is C13H18Cl2NO2PS. The number of halogens is 2. The fourth-order valence-electron chi connectivity index (χ4n) is 2.07. The van der Waals surface area contributed by atoms with Crippen molar-refractivity contribution in [3.05, 3.63) is 28.2 Å². The molecular weight excluding hydrogens is 336 g/mol. The van der Waals surface area contributed by atoms with E-state index in [1.807, 2.05) is 13.0 Å². The van der Waals surface area contributed by atoms with Crippen molar-refractivity contribution in [2.24, 2.45) is 0 Å². The van der Waals surface area contributed by atoms with Gasteiger partial charge >= 0.3 is 0 Å². The van der Waals surface area contributed by atoms with Crippen molar-refractivity contribution in [1.82, 2.24) is 5.09 Å². The highest BCUT2D eigenvalue weighted by atomic mass is 35.5. The Kier molecular flexibility index (Phi) is 6.30. The van der Waals surface area contributed by atoms with Crippen molar-refractivity contribution in [3.63, 3.8) is 0 Å². The highest BCUT2D eigenvalue weighted by Gasteiger charge is 2.26. The summed E-state index contributed by atoms with van der Waals surface area (Å²) < 4.78 is 11.6. The highest BCUT2D eigenvalue weighted by Crippen LogP contribution is 2.44. The Labute approximate surface area is 135 Å². The lowest BCUT2D eigenvalue weighted by atomic mass is 10.2. The Balaban J connectivity index is 2.22. The van der Waals surface area contributed by atoms with E-state index in [-0.39, 0.29) is 6.23 Å². The lowest BCUT2D eigenvalue weighted by Crippen LogP contribution is -2.35. The molecule has 112 valence electrons. The van der Waals surface area contributed by atoms with E-state index in [0.717, 1.165) is 31.2 Å². The molecule has 1 aromatic carbocycles. The maximum atomic E-state index is 6.09. The van der Waals surface area contributed by atoms with Crippen LogP contribution in [0, 0.1) is 0 Å². The van der Waals surface area contributed by atoms with Gasteiger partial charge in [-0.05, 0) is 56.2 Å².